The zero-order chi connectivity index (χ0) is 18.1. The fraction of sp³-hybridized carbons (Fsp3) is 0.368. The Bertz CT molecular complexity index is 722. The molecule has 7 heteroatoms. The van der Waals surface area contributed by atoms with E-state index in [2.05, 4.69) is 38.8 Å². The van der Waals surface area contributed by atoms with Gasteiger partial charge in [0.2, 0.25) is 5.88 Å². The van der Waals surface area contributed by atoms with Gasteiger partial charge in [0.15, 0.2) is 5.96 Å². The summed E-state index contributed by atoms with van der Waals surface area (Å²) in [5.74, 6) is 2.28. The SMILES string of the molecule is CN=C(NCCc1ccc(C)c(OC)c1)NCc1cccnc1OC.I. The minimum atomic E-state index is 0. The fourth-order valence-electron chi connectivity index (χ4n) is 2.49. The first kappa shape index (κ1) is 22.0. The summed E-state index contributed by atoms with van der Waals surface area (Å²) < 4.78 is 10.6. The van der Waals surface area contributed by atoms with Crippen LogP contribution in [0.4, 0.5) is 0 Å². The Balaban J connectivity index is 0.00000338. The van der Waals surface area contributed by atoms with Gasteiger partial charge in [-0.2, -0.15) is 0 Å². The number of rotatable bonds is 7. The van der Waals surface area contributed by atoms with Crippen molar-refractivity contribution in [2.45, 2.75) is 19.9 Å². The van der Waals surface area contributed by atoms with Gasteiger partial charge < -0.3 is 20.1 Å². The third-order valence-electron chi connectivity index (χ3n) is 3.89. The van der Waals surface area contributed by atoms with Gasteiger partial charge in [-0.25, -0.2) is 4.98 Å². The topological polar surface area (TPSA) is 67.8 Å². The van der Waals surface area contributed by atoms with Crippen molar-refractivity contribution >= 4 is 29.9 Å². The monoisotopic (exact) mass is 470 g/mol. The minimum Gasteiger partial charge on any atom is -0.496 e. The van der Waals surface area contributed by atoms with Crippen LogP contribution in [0.5, 0.6) is 11.6 Å². The molecule has 2 aromatic rings. The predicted octanol–water partition coefficient (Wildman–Crippen LogP) is 2.93. The number of aromatic nitrogens is 1. The van der Waals surface area contributed by atoms with Crippen LogP contribution in [0.3, 0.4) is 0 Å². The molecule has 26 heavy (non-hydrogen) atoms. The van der Waals surface area contributed by atoms with Crippen LogP contribution in [0.1, 0.15) is 16.7 Å². The number of hydrogen-bond acceptors (Lipinski definition) is 4. The molecular formula is C19H27IN4O2. The summed E-state index contributed by atoms with van der Waals surface area (Å²) in [7, 11) is 5.07. The summed E-state index contributed by atoms with van der Waals surface area (Å²) in [5, 5.41) is 6.59. The van der Waals surface area contributed by atoms with E-state index in [-0.39, 0.29) is 24.0 Å². The Hall–Kier alpha value is -2.03. The molecule has 142 valence electrons. The Morgan fingerprint density at radius 2 is 1.96 bits per heavy atom. The van der Waals surface area contributed by atoms with E-state index in [1.807, 2.05) is 19.1 Å². The summed E-state index contributed by atoms with van der Waals surface area (Å²) in [4.78, 5) is 8.44. The molecule has 2 rings (SSSR count). The number of guanidine groups is 1. The van der Waals surface area contributed by atoms with Crippen LogP contribution in [0.2, 0.25) is 0 Å². The lowest BCUT2D eigenvalue weighted by molar-refractivity contribution is 0.392. The van der Waals surface area contributed by atoms with E-state index in [9.17, 15) is 0 Å². The number of hydrogen-bond donors (Lipinski definition) is 2. The number of halogens is 1. The van der Waals surface area contributed by atoms with Crippen molar-refractivity contribution in [1.82, 2.24) is 15.6 Å². The third kappa shape index (κ3) is 6.36. The van der Waals surface area contributed by atoms with Gasteiger partial charge in [0.05, 0.1) is 14.2 Å². The fourth-order valence-corrected chi connectivity index (χ4v) is 2.49. The quantitative estimate of drug-likeness (QED) is 0.370. The highest BCUT2D eigenvalue weighted by Crippen LogP contribution is 2.19. The average molecular weight is 470 g/mol. The second-order valence-corrected chi connectivity index (χ2v) is 5.58. The Kier molecular flexibility index (Phi) is 9.79. The largest absolute Gasteiger partial charge is 0.496 e. The summed E-state index contributed by atoms with van der Waals surface area (Å²) in [5.41, 5.74) is 3.35. The molecule has 0 saturated carbocycles. The normalized spacial score (nSPS) is 10.7. The smallest absolute Gasteiger partial charge is 0.218 e. The Morgan fingerprint density at radius 3 is 2.65 bits per heavy atom. The number of nitrogens with one attached hydrogen (secondary N) is 2. The number of aliphatic imine (C=N–C) groups is 1. The van der Waals surface area contributed by atoms with Gasteiger partial charge in [0, 0.05) is 31.9 Å². The molecule has 0 saturated heterocycles. The molecule has 0 aliphatic carbocycles. The highest BCUT2D eigenvalue weighted by atomic mass is 127. The number of aryl methyl sites for hydroxylation is 1. The van der Waals surface area contributed by atoms with Crippen LogP contribution in [0, 0.1) is 6.92 Å². The van der Waals surface area contributed by atoms with Gasteiger partial charge in [-0.3, -0.25) is 4.99 Å². The van der Waals surface area contributed by atoms with Crippen molar-refractivity contribution in [2.75, 3.05) is 27.8 Å². The van der Waals surface area contributed by atoms with E-state index >= 15 is 0 Å². The molecule has 0 spiro atoms. The lowest BCUT2D eigenvalue weighted by atomic mass is 10.1. The van der Waals surface area contributed by atoms with E-state index < -0.39 is 0 Å². The molecule has 1 heterocycles. The highest BCUT2D eigenvalue weighted by molar-refractivity contribution is 14.0. The molecule has 0 radical (unpaired) electrons. The molecule has 0 amide bonds. The Morgan fingerprint density at radius 1 is 1.15 bits per heavy atom. The molecule has 0 bridgehead atoms. The summed E-state index contributed by atoms with van der Waals surface area (Å²) in [6.45, 7) is 3.41. The summed E-state index contributed by atoms with van der Waals surface area (Å²) in [6.07, 6.45) is 2.60. The van der Waals surface area contributed by atoms with E-state index in [1.54, 1.807) is 27.5 Å². The third-order valence-corrected chi connectivity index (χ3v) is 3.89. The molecule has 0 fully saturated rings. The van der Waals surface area contributed by atoms with Gasteiger partial charge in [-0.05, 0) is 36.6 Å². The van der Waals surface area contributed by atoms with Crippen LogP contribution in [0.15, 0.2) is 41.5 Å². The first-order chi connectivity index (χ1) is 12.2. The van der Waals surface area contributed by atoms with Crippen LogP contribution in [0.25, 0.3) is 0 Å². The summed E-state index contributed by atoms with van der Waals surface area (Å²) >= 11 is 0. The van der Waals surface area contributed by atoms with Crippen LogP contribution in [-0.2, 0) is 13.0 Å². The van der Waals surface area contributed by atoms with Crippen molar-refractivity contribution in [3.05, 3.63) is 53.2 Å². The van der Waals surface area contributed by atoms with Crippen LogP contribution >= 0.6 is 24.0 Å². The molecule has 1 aromatic heterocycles. The number of pyridine rings is 1. The first-order valence-electron chi connectivity index (χ1n) is 8.23. The van der Waals surface area contributed by atoms with E-state index in [0.717, 1.165) is 35.8 Å². The van der Waals surface area contributed by atoms with E-state index in [0.29, 0.717) is 12.4 Å². The van der Waals surface area contributed by atoms with Crippen LogP contribution in [-0.4, -0.2) is 38.8 Å². The maximum atomic E-state index is 5.37. The molecule has 1 aromatic carbocycles. The minimum absolute atomic E-state index is 0. The number of benzene rings is 1. The molecule has 0 unspecified atom stereocenters. The molecule has 0 atom stereocenters. The highest BCUT2D eigenvalue weighted by Gasteiger charge is 2.05. The Labute approximate surface area is 172 Å². The van der Waals surface area contributed by atoms with Crippen molar-refractivity contribution in [3.63, 3.8) is 0 Å². The van der Waals surface area contributed by atoms with Crippen molar-refractivity contribution in [3.8, 4) is 11.6 Å². The molecule has 0 aliphatic heterocycles. The maximum Gasteiger partial charge on any atom is 0.218 e. The lowest BCUT2D eigenvalue weighted by Crippen LogP contribution is -2.37. The first-order valence-corrected chi connectivity index (χ1v) is 8.23. The second-order valence-electron chi connectivity index (χ2n) is 5.58. The number of methoxy groups -OCH3 is 2. The molecule has 0 aliphatic rings. The maximum absolute atomic E-state index is 5.37. The number of nitrogens with zero attached hydrogens (tertiary/aromatic N) is 2. The standard InChI is InChI=1S/C19H26N4O2.HI/c1-14-7-8-15(12-17(14)24-3)9-11-22-19(20-2)23-13-16-6-5-10-21-18(16)25-4;/h5-8,10,12H,9,11,13H2,1-4H3,(H2,20,22,23);1H. The van der Waals surface area contributed by atoms with Gasteiger partial charge in [0.1, 0.15) is 5.75 Å². The van der Waals surface area contributed by atoms with Gasteiger partial charge in [0.25, 0.3) is 0 Å². The zero-order valence-corrected chi connectivity index (χ0v) is 18.0. The van der Waals surface area contributed by atoms with Crippen molar-refractivity contribution in [2.24, 2.45) is 4.99 Å². The van der Waals surface area contributed by atoms with Crippen molar-refractivity contribution < 1.29 is 9.47 Å². The zero-order valence-electron chi connectivity index (χ0n) is 15.7. The molecule has 6 nitrogen and oxygen atoms in total. The van der Waals surface area contributed by atoms with Gasteiger partial charge in [-0.1, -0.05) is 18.2 Å². The predicted molar refractivity (Wildman–Crippen MR) is 116 cm³/mol. The van der Waals surface area contributed by atoms with Crippen molar-refractivity contribution in [1.29, 1.82) is 0 Å². The van der Waals surface area contributed by atoms with Crippen LogP contribution < -0.4 is 20.1 Å². The van der Waals surface area contributed by atoms with Gasteiger partial charge >= 0.3 is 0 Å². The van der Waals surface area contributed by atoms with E-state index in [1.165, 1.54) is 5.56 Å². The molecule has 2 N–H and O–H groups in total. The lowest BCUT2D eigenvalue weighted by Gasteiger charge is -2.13. The van der Waals surface area contributed by atoms with E-state index in [4.69, 9.17) is 9.47 Å². The average Bonchev–Trinajstić information content (AvgIpc) is 2.65. The number of ether oxygens (including phenoxy) is 2. The molecular weight excluding hydrogens is 443 g/mol. The summed E-state index contributed by atoms with van der Waals surface area (Å²) in [6, 6.07) is 10.1. The second kappa shape index (κ2) is 11.6. The van der Waals surface area contributed by atoms with Gasteiger partial charge in [-0.15, -0.1) is 24.0 Å².